The molecule has 3 N–H and O–H groups in total. The highest BCUT2D eigenvalue weighted by atomic mass is 32.2. The molecule has 0 saturated carbocycles. The number of carbonyl (C=O) groups is 2. The molecule has 1 aromatic carbocycles. The lowest BCUT2D eigenvalue weighted by molar-refractivity contribution is -0.123. The number of halogens is 1. The van der Waals surface area contributed by atoms with Crippen LogP contribution < -0.4 is 15.6 Å². The van der Waals surface area contributed by atoms with Crippen LogP contribution in [0.15, 0.2) is 33.7 Å². The lowest BCUT2D eigenvalue weighted by Crippen LogP contribution is -2.51. The van der Waals surface area contributed by atoms with E-state index in [1.807, 2.05) is 10.9 Å². The summed E-state index contributed by atoms with van der Waals surface area (Å²) >= 11 is 0. The maximum Gasteiger partial charge on any atom is 0.272 e. The van der Waals surface area contributed by atoms with Gasteiger partial charge in [-0.1, -0.05) is 17.3 Å². The number of carbonyl (C=O) groups excluding carboxylic acids is 2. The van der Waals surface area contributed by atoms with Crippen LogP contribution in [0.2, 0.25) is 0 Å². The second-order valence-electron chi connectivity index (χ2n) is 5.42. The lowest BCUT2D eigenvalue weighted by Gasteiger charge is -2.15. The van der Waals surface area contributed by atoms with Gasteiger partial charge in [0.15, 0.2) is 5.76 Å². The number of amides is 2. The Morgan fingerprint density at radius 2 is 1.85 bits per heavy atom. The molecule has 140 valence electrons. The number of hydrazine groups is 1. The van der Waals surface area contributed by atoms with Crippen molar-refractivity contribution in [3.05, 3.63) is 47.1 Å². The highest BCUT2D eigenvalue weighted by molar-refractivity contribution is 7.89. The number of hydrogen-bond donors (Lipinski definition) is 3. The van der Waals surface area contributed by atoms with Crippen molar-refractivity contribution < 1.29 is 26.9 Å². The second kappa shape index (κ2) is 7.62. The monoisotopic (exact) mass is 384 g/mol. The van der Waals surface area contributed by atoms with Crippen molar-refractivity contribution in [1.82, 2.24) is 20.7 Å². The predicted octanol–water partition coefficient (Wildman–Crippen LogP) is 0.559. The molecule has 2 aromatic rings. The highest BCUT2D eigenvalue weighted by Crippen LogP contribution is 2.18. The molecule has 0 unspecified atom stereocenters. The number of nitrogens with one attached hydrogen (secondary N) is 3. The normalized spacial score (nSPS) is 12.5. The second-order valence-corrected chi connectivity index (χ2v) is 7.07. The van der Waals surface area contributed by atoms with Gasteiger partial charge in [-0.2, -0.15) is 4.72 Å². The van der Waals surface area contributed by atoms with E-state index in [2.05, 4.69) is 9.88 Å². The molecule has 2 rings (SSSR count). The fourth-order valence-corrected chi connectivity index (χ4v) is 3.67. The number of hydrogen-bond acceptors (Lipinski definition) is 6. The molecule has 0 spiro atoms. The average molecular weight is 384 g/mol. The first-order valence-electron chi connectivity index (χ1n) is 7.43. The highest BCUT2D eigenvalue weighted by Gasteiger charge is 2.28. The third kappa shape index (κ3) is 4.24. The van der Waals surface area contributed by atoms with Gasteiger partial charge in [-0.15, -0.1) is 0 Å². The molecule has 0 aliphatic rings. The van der Waals surface area contributed by atoms with E-state index < -0.39 is 33.7 Å². The standard InChI is InChI=1S/C15H17FN4O5S/c1-8-13(10(3)25-19-8)26(23,24)20-9(2)14(21)17-18-15(22)11-6-4-5-7-12(11)16/h4-7,9,20H,1-3H3,(H,17,21)(H,18,22)/t9-/m0/s1. The van der Waals surface area contributed by atoms with Crippen molar-refractivity contribution in [1.29, 1.82) is 0 Å². The first kappa shape index (κ1) is 19.5. The molecular formula is C15H17FN4O5S. The maximum absolute atomic E-state index is 13.5. The van der Waals surface area contributed by atoms with Crippen molar-refractivity contribution >= 4 is 21.8 Å². The van der Waals surface area contributed by atoms with E-state index >= 15 is 0 Å². The number of benzene rings is 1. The smallest absolute Gasteiger partial charge is 0.272 e. The van der Waals surface area contributed by atoms with E-state index in [-0.39, 0.29) is 21.9 Å². The third-order valence-corrected chi connectivity index (χ3v) is 5.16. The molecule has 1 heterocycles. The van der Waals surface area contributed by atoms with Gasteiger partial charge in [-0.3, -0.25) is 20.4 Å². The summed E-state index contributed by atoms with van der Waals surface area (Å²) in [7, 11) is -4.06. The molecule has 1 atom stereocenters. The molecule has 0 bridgehead atoms. The summed E-state index contributed by atoms with van der Waals surface area (Å²) in [4.78, 5) is 23.7. The maximum atomic E-state index is 13.5. The van der Waals surface area contributed by atoms with Crippen LogP contribution in [0.5, 0.6) is 0 Å². The van der Waals surface area contributed by atoms with Crippen LogP contribution in [-0.4, -0.2) is 31.4 Å². The van der Waals surface area contributed by atoms with E-state index in [1.165, 1.54) is 39.0 Å². The van der Waals surface area contributed by atoms with Gasteiger partial charge < -0.3 is 4.52 Å². The number of sulfonamides is 1. The zero-order chi connectivity index (χ0) is 19.5. The molecule has 0 aliphatic carbocycles. The average Bonchev–Trinajstić information content (AvgIpc) is 2.91. The summed E-state index contributed by atoms with van der Waals surface area (Å²) in [5.41, 5.74) is 3.94. The molecule has 0 radical (unpaired) electrons. The van der Waals surface area contributed by atoms with Gasteiger partial charge in [0, 0.05) is 0 Å². The van der Waals surface area contributed by atoms with E-state index in [1.54, 1.807) is 0 Å². The summed E-state index contributed by atoms with van der Waals surface area (Å²) in [6.07, 6.45) is 0. The topological polar surface area (TPSA) is 130 Å². The molecule has 2 amide bonds. The molecular weight excluding hydrogens is 367 g/mol. The van der Waals surface area contributed by atoms with Crippen molar-refractivity contribution in [2.75, 3.05) is 0 Å². The number of rotatable bonds is 5. The molecule has 26 heavy (non-hydrogen) atoms. The van der Waals surface area contributed by atoms with Crippen LogP contribution in [0, 0.1) is 19.7 Å². The van der Waals surface area contributed by atoms with Gasteiger partial charge >= 0.3 is 0 Å². The van der Waals surface area contributed by atoms with Gasteiger partial charge in [0.25, 0.3) is 11.8 Å². The fraction of sp³-hybridized carbons (Fsp3) is 0.267. The van der Waals surface area contributed by atoms with E-state index in [4.69, 9.17) is 4.52 Å². The minimum absolute atomic E-state index is 0.0791. The zero-order valence-corrected chi connectivity index (χ0v) is 15.0. The Morgan fingerprint density at radius 1 is 1.19 bits per heavy atom. The Hall–Kier alpha value is -2.79. The molecule has 11 heteroatoms. The molecule has 0 saturated heterocycles. The number of aryl methyl sites for hydroxylation is 2. The fourth-order valence-electron chi connectivity index (χ4n) is 2.14. The number of aromatic nitrogens is 1. The van der Waals surface area contributed by atoms with E-state index in [0.29, 0.717) is 0 Å². The molecule has 1 aromatic heterocycles. The van der Waals surface area contributed by atoms with Crippen LogP contribution in [0.3, 0.4) is 0 Å². The lowest BCUT2D eigenvalue weighted by atomic mass is 10.2. The summed E-state index contributed by atoms with van der Waals surface area (Å²) < 4.78 is 45.1. The predicted molar refractivity (Wildman–Crippen MR) is 87.8 cm³/mol. The quantitative estimate of drug-likeness (QED) is 0.646. The Kier molecular flexibility index (Phi) is 5.73. The molecule has 0 aliphatic heterocycles. The summed E-state index contributed by atoms with van der Waals surface area (Å²) in [6, 6.07) is 3.98. The van der Waals surface area contributed by atoms with E-state index in [0.717, 1.165) is 6.07 Å². The molecule has 0 fully saturated rings. The van der Waals surface area contributed by atoms with Gasteiger partial charge in [0.05, 0.1) is 11.6 Å². The minimum Gasteiger partial charge on any atom is -0.360 e. The van der Waals surface area contributed by atoms with Crippen molar-refractivity contribution in [2.24, 2.45) is 0 Å². The van der Waals surface area contributed by atoms with Crippen molar-refractivity contribution in [2.45, 2.75) is 31.7 Å². The Morgan fingerprint density at radius 3 is 2.42 bits per heavy atom. The summed E-state index contributed by atoms with van der Waals surface area (Å²) in [5.74, 6) is -2.40. The third-order valence-electron chi connectivity index (χ3n) is 3.38. The zero-order valence-electron chi connectivity index (χ0n) is 14.2. The van der Waals surface area contributed by atoms with Gasteiger partial charge in [-0.05, 0) is 32.9 Å². The van der Waals surface area contributed by atoms with Gasteiger partial charge in [-0.25, -0.2) is 12.8 Å². The summed E-state index contributed by atoms with van der Waals surface area (Å²) in [6.45, 7) is 4.15. The van der Waals surface area contributed by atoms with Crippen LogP contribution in [0.4, 0.5) is 4.39 Å². The van der Waals surface area contributed by atoms with Crippen molar-refractivity contribution in [3.8, 4) is 0 Å². The SMILES string of the molecule is Cc1noc(C)c1S(=O)(=O)N[C@@H](C)C(=O)NNC(=O)c1ccccc1F. The van der Waals surface area contributed by atoms with Crippen molar-refractivity contribution in [3.63, 3.8) is 0 Å². The first-order valence-corrected chi connectivity index (χ1v) is 8.91. The largest absolute Gasteiger partial charge is 0.360 e. The van der Waals surface area contributed by atoms with Gasteiger partial charge in [0.1, 0.15) is 16.4 Å². The molecule has 9 nitrogen and oxygen atoms in total. The van der Waals surface area contributed by atoms with E-state index in [9.17, 15) is 22.4 Å². The number of nitrogens with zero attached hydrogens (tertiary/aromatic N) is 1. The minimum atomic E-state index is -4.06. The van der Waals surface area contributed by atoms with Crippen LogP contribution in [0.1, 0.15) is 28.7 Å². The Labute approximate surface area is 149 Å². The Balaban J connectivity index is 2.00. The Bertz CT molecular complexity index is 922. The first-order chi connectivity index (χ1) is 12.1. The van der Waals surface area contributed by atoms with Gasteiger partial charge in [0.2, 0.25) is 10.0 Å². The van der Waals surface area contributed by atoms with Crippen LogP contribution in [0.25, 0.3) is 0 Å². The van der Waals surface area contributed by atoms with Crippen LogP contribution >= 0.6 is 0 Å². The van der Waals surface area contributed by atoms with Crippen LogP contribution in [-0.2, 0) is 14.8 Å². The summed E-state index contributed by atoms with van der Waals surface area (Å²) in [5, 5.41) is 3.55.